The number of likely N-dealkylation sites (tertiary alicyclic amines) is 2. The number of nitrogens with zero attached hydrogens (tertiary/aromatic N) is 3. The minimum Gasteiger partial charge on any atom is -0.381 e. The van der Waals surface area contributed by atoms with E-state index in [1.807, 2.05) is 0 Å². The molecule has 0 saturated carbocycles. The summed E-state index contributed by atoms with van der Waals surface area (Å²) in [6.07, 6.45) is 1.28. The van der Waals surface area contributed by atoms with Crippen molar-refractivity contribution < 1.29 is 4.74 Å². The summed E-state index contributed by atoms with van der Waals surface area (Å²) >= 11 is 0. The van der Waals surface area contributed by atoms with E-state index in [1.165, 1.54) is 13.0 Å². The molecule has 1 spiro atoms. The third-order valence-electron chi connectivity index (χ3n) is 4.75. The van der Waals surface area contributed by atoms with Crippen LogP contribution in [-0.4, -0.2) is 65.4 Å². The first-order valence-electron chi connectivity index (χ1n) is 7.63. The second-order valence-electron chi connectivity index (χ2n) is 6.52. The van der Waals surface area contributed by atoms with Gasteiger partial charge >= 0.3 is 0 Å². The molecule has 3 rings (SSSR count). The molecule has 2 aliphatic rings. The van der Waals surface area contributed by atoms with Crippen LogP contribution in [0.2, 0.25) is 0 Å². The molecule has 5 heteroatoms. The molecule has 2 aliphatic heterocycles. The van der Waals surface area contributed by atoms with Crippen molar-refractivity contribution in [3.63, 3.8) is 0 Å². The Morgan fingerprint density at radius 1 is 1.50 bits per heavy atom. The number of ether oxygens (including phenoxy) is 1. The second kappa shape index (κ2) is 5.47. The van der Waals surface area contributed by atoms with Crippen LogP contribution in [0.15, 0.2) is 6.07 Å². The molecule has 1 atom stereocenters. The zero-order chi connectivity index (χ0) is 14.2. The molecule has 3 heterocycles. The van der Waals surface area contributed by atoms with Crippen LogP contribution in [0.3, 0.4) is 0 Å². The van der Waals surface area contributed by atoms with E-state index in [1.54, 1.807) is 0 Å². The molecule has 1 aromatic rings. The lowest BCUT2D eigenvalue weighted by atomic mass is 9.84. The highest BCUT2D eigenvalue weighted by Crippen LogP contribution is 2.39. The topological polar surface area (TPSA) is 44.4 Å². The zero-order valence-corrected chi connectivity index (χ0v) is 12.9. The first-order chi connectivity index (χ1) is 9.61. The summed E-state index contributed by atoms with van der Waals surface area (Å²) in [6.45, 7) is 10.4. The van der Waals surface area contributed by atoms with Gasteiger partial charge in [-0.25, -0.2) is 0 Å². The van der Waals surface area contributed by atoms with E-state index in [0.717, 1.165) is 44.2 Å². The molecule has 2 saturated heterocycles. The number of H-pyrrole nitrogens is 1. The van der Waals surface area contributed by atoms with Crippen molar-refractivity contribution in [2.45, 2.75) is 32.4 Å². The molecule has 0 bridgehead atoms. The Morgan fingerprint density at radius 3 is 2.95 bits per heavy atom. The maximum atomic E-state index is 5.60. The minimum absolute atomic E-state index is 0.396. The van der Waals surface area contributed by atoms with Crippen LogP contribution in [-0.2, 0) is 11.3 Å². The predicted octanol–water partition coefficient (Wildman–Crippen LogP) is 1.26. The Balaban J connectivity index is 1.51. The van der Waals surface area contributed by atoms with Gasteiger partial charge in [0.1, 0.15) is 0 Å². The first-order valence-corrected chi connectivity index (χ1v) is 7.63. The van der Waals surface area contributed by atoms with Gasteiger partial charge in [-0.15, -0.1) is 0 Å². The number of likely N-dealkylation sites (N-methyl/N-ethyl adjacent to an activating group) is 1. The van der Waals surface area contributed by atoms with Gasteiger partial charge in [0.2, 0.25) is 0 Å². The minimum atomic E-state index is 0.396. The van der Waals surface area contributed by atoms with E-state index in [2.05, 4.69) is 47.0 Å². The van der Waals surface area contributed by atoms with Gasteiger partial charge in [-0.05, 0) is 39.3 Å². The normalized spacial score (nSPS) is 26.2. The average molecular weight is 278 g/mol. The largest absolute Gasteiger partial charge is 0.381 e. The van der Waals surface area contributed by atoms with Gasteiger partial charge in [-0.3, -0.25) is 14.9 Å². The smallest absolute Gasteiger partial charge is 0.0765 e. The SMILES string of the molecule is CCOC[C@@H]1CN(C)C2(C1)CN(Cc1cc(C)[nH]n1)C2. The van der Waals surface area contributed by atoms with Crippen LogP contribution < -0.4 is 0 Å². The summed E-state index contributed by atoms with van der Waals surface area (Å²) in [5.74, 6) is 0.703. The molecule has 2 fully saturated rings. The average Bonchev–Trinajstić information content (AvgIpc) is 2.91. The van der Waals surface area contributed by atoms with Crippen molar-refractivity contribution in [1.82, 2.24) is 20.0 Å². The highest BCUT2D eigenvalue weighted by molar-refractivity contribution is 5.12. The van der Waals surface area contributed by atoms with E-state index >= 15 is 0 Å². The second-order valence-corrected chi connectivity index (χ2v) is 6.52. The molecule has 20 heavy (non-hydrogen) atoms. The van der Waals surface area contributed by atoms with Crippen molar-refractivity contribution in [2.24, 2.45) is 5.92 Å². The summed E-state index contributed by atoms with van der Waals surface area (Å²) in [7, 11) is 2.27. The van der Waals surface area contributed by atoms with Gasteiger partial charge in [0.05, 0.1) is 12.3 Å². The quantitative estimate of drug-likeness (QED) is 0.881. The molecule has 0 radical (unpaired) electrons. The van der Waals surface area contributed by atoms with Gasteiger partial charge in [0.25, 0.3) is 0 Å². The zero-order valence-electron chi connectivity index (χ0n) is 12.9. The van der Waals surface area contributed by atoms with Crippen LogP contribution in [0.4, 0.5) is 0 Å². The fourth-order valence-electron chi connectivity index (χ4n) is 3.79. The summed E-state index contributed by atoms with van der Waals surface area (Å²) in [6, 6.07) is 2.14. The van der Waals surface area contributed by atoms with Crippen molar-refractivity contribution in [3.05, 3.63) is 17.5 Å². The summed E-state index contributed by atoms with van der Waals surface area (Å²) in [5.41, 5.74) is 2.70. The van der Waals surface area contributed by atoms with E-state index in [4.69, 9.17) is 4.74 Å². The fourth-order valence-corrected chi connectivity index (χ4v) is 3.79. The molecule has 0 amide bonds. The number of aromatic nitrogens is 2. The standard InChI is InChI=1S/C15H26N4O/c1-4-20-9-13-6-15(18(3)7-13)10-19(11-15)8-14-5-12(2)16-17-14/h5,13H,4,6-11H2,1-3H3,(H,16,17)/t13-/m0/s1. The van der Waals surface area contributed by atoms with Crippen molar-refractivity contribution in [2.75, 3.05) is 39.9 Å². The third-order valence-corrected chi connectivity index (χ3v) is 4.75. The maximum Gasteiger partial charge on any atom is 0.0765 e. The number of nitrogens with one attached hydrogen (secondary N) is 1. The Morgan fingerprint density at radius 2 is 2.30 bits per heavy atom. The third kappa shape index (κ3) is 2.62. The molecule has 1 N–H and O–H groups in total. The lowest BCUT2D eigenvalue weighted by Crippen LogP contribution is -2.66. The Bertz CT molecular complexity index is 452. The van der Waals surface area contributed by atoms with E-state index in [0.29, 0.717) is 11.5 Å². The maximum absolute atomic E-state index is 5.60. The van der Waals surface area contributed by atoms with Gasteiger partial charge < -0.3 is 4.74 Å². The number of aromatic amines is 1. The van der Waals surface area contributed by atoms with Gasteiger partial charge in [-0.2, -0.15) is 5.10 Å². The summed E-state index contributed by atoms with van der Waals surface area (Å²) in [5, 5.41) is 7.35. The number of aryl methyl sites for hydroxylation is 1. The Labute approximate surface area is 121 Å². The van der Waals surface area contributed by atoms with Crippen LogP contribution in [0.5, 0.6) is 0 Å². The van der Waals surface area contributed by atoms with E-state index in [-0.39, 0.29) is 0 Å². The molecule has 112 valence electrons. The molecule has 0 aliphatic carbocycles. The van der Waals surface area contributed by atoms with Crippen LogP contribution >= 0.6 is 0 Å². The van der Waals surface area contributed by atoms with E-state index in [9.17, 15) is 0 Å². The molecule has 0 unspecified atom stereocenters. The lowest BCUT2D eigenvalue weighted by Gasteiger charge is -2.52. The lowest BCUT2D eigenvalue weighted by molar-refractivity contribution is -0.0232. The van der Waals surface area contributed by atoms with Crippen LogP contribution in [0.1, 0.15) is 24.7 Å². The molecule has 0 aromatic carbocycles. The summed E-state index contributed by atoms with van der Waals surface area (Å²) in [4.78, 5) is 5.04. The number of rotatable bonds is 5. The highest BCUT2D eigenvalue weighted by atomic mass is 16.5. The Hall–Kier alpha value is -0.910. The summed E-state index contributed by atoms with van der Waals surface area (Å²) < 4.78 is 5.60. The molecule has 1 aromatic heterocycles. The van der Waals surface area contributed by atoms with Crippen LogP contribution in [0.25, 0.3) is 0 Å². The fraction of sp³-hybridized carbons (Fsp3) is 0.800. The van der Waals surface area contributed by atoms with Crippen LogP contribution in [0, 0.1) is 12.8 Å². The van der Waals surface area contributed by atoms with Gasteiger partial charge in [-0.1, -0.05) is 0 Å². The Kier molecular flexibility index (Phi) is 3.84. The predicted molar refractivity (Wildman–Crippen MR) is 78.6 cm³/mol. The first kappa shape index (κ1) is 14.0. The molecular formula is C15H26N4O. The van der Waals surface area contributed by atoms with Crippen molar-refractivity contribution in [3.8, 4) is 0 Å². The van der Waals surface area contributed by atoms with E-state index < -0.39 is 0 Å². The van der Waals surface area contributed by atoms with Crippen molar-refractivity contribution in [1.29, 1.82) is 0 Å². The molecular weight excluding hydrogens is 252 g/mol. The monoisotopic (exact) mass is 278 g/mol. The number of hydrogen-bond acceptors (Lipinski definition) is 4. The number of hydrogen-bond donors (Lipinski definition) is 1. The molecule has 5 nitrogen and oxygen atoms in total. The van der Waals surface area contributed by atoms with Gasteiger partial charge in [0, 0.05) is 44.0 Å². The highest BCUT2D eigenvalue weighted by Gasteiger charge is 2.51. The van der Waals surface area contributed by atoms with Gasteiger partial charge in [0.15, 0.2) is 0 Å². The van der Waals surface area contributed by atoms with Crippen molar-refractivity contribution >= 4 is 0 Å².